The molecule has 1 atom stereocenters. The number of amides is 2. The third kappa shape index (κ3) is 19.0. The molecule has 2 amide bonds. The molecule has 13 nitrogen and oxygen atoms in total. The molecule has 0 fully saturated rings. The van der Waals surface area contributed by atoms with Gasteiger partial charge in [0.15, 0.2) is 0 Å². The molecule has 0 aliphatic carbocycles. The molecule has 0 radical (unpaired) electrons. The standard InChI is InChI=1S/C31H58N2O11/c1-23(2)26(36)44-24(22-42-27(37)31(8,9)29(3,4)5)10-11-25(35)32-13-17-39-20-21-40-18-14-33-28(38)41-16-12-30(6,7)43-19-15-34/h23-24,34H,10-22H2,1-9H3,(H,32,35)(H,33,38)/t24-/m0/s1. The van der Waals surface area contributed by atoms with E-state index in [4.69, 9.17) is 33.5 Å². The van der Waals surface area contributed by atoms with Crippen LogP contribution < -0.4 is 10.6 Å². The van der Waals surface area contributed by atoms with Gasteiger partial charge in [0, 0.05) is 25.9 Å². The molecule has 258 valence electrons. The van der Waals surface area contributed by atoms with Crippen LogP contribution in [-0.2, 0) is 42.8 Å². The van der Waals surface area contributed by atoms with Crippen LogP contribution in [0.25, 0.3) is 0 Å². The quantitative estimate of drug-likeness (QED) is 0.0859. The molecule has 0 aliphatic rings. The third-order valence-corrected chi connectivity index (χ3v) is 7.21. The van der Waals surface area contributed by atoms with Crippen molar-refractivity contribution >= 4 is 23.9 Å². The first-order valence-corrected chi connectivity index (χ1v) is 15.4. The molecule has 0 unspecified atom stereocenters. The Bertz CT molecular complexity index is 854. The molecule has 44 heavy (non-hydrogen) atoms. The highest BCUT2D eigenvalue weighted by Crippen LogP contribution is 2.38. The minimum atomic E-state index is -0.747. The fourth-order valence-electron chi connectivity index (χ4n) is 3.16. The lowest BCUT2D eigenvalue weighted by Crippen LogP contribution is -2.40. The maximum absolute atomic E-state index is 12.7. The Balaban J connectivity index is 4.12. The zero-order valence-corrected chi connectivity index (χ0v) is 28.4. The van der Waals surface area contributed by atoms with E-state index in [0.717, 1.165) is 0 Å². The summed E-state index contributed by atoms with van der Waals surface area (Å²) in [5.41, 5.74) is -1.57. The van der Waals surface area contributed by atoms with E-state index in [1.807, 2.05) is 48.5 Å². The summed E-state index contributed by atoms with van der Waals surface area (Å²) in [5.74, 6) is -1.41. The number of hydrogen-bond acceptors (Lipinski definition) is 11. The van der Waals surface area contributed by atoms with E-state index in [2.05, 4.69) is 10.6 Å². The van der Waals surface area contributed by atoms with Gasteiger partial charge in [-0.25, -0.2) is 4.79 Å². The van der Waals surface area contributed by atoms with Gasteiger partial charge in [0.1, 0.15) is 12.7 Å². The first kappa shape index (κ1) is 41.5. The largest absolute Gasteiger partial charge is 0.461 e. The molecular formula is C31H58N2O11. The Hall–Kier alpha value is -2.48. The van der Waals surface area contributed by atoms with Crippen LogP contribution in [-0.4, -0.2) is 107 Å². The van der Waals surface area contributed by atoms with Crippen molar-refractivity contribution in [2.75, 3.05) is 65.9 Å². The maximum atomic E-state index is 12.7. The molecule has 0 aromatic heterocycles. The second-order valence-electron chi connectivity index (χ2n) is 12.9. The lowest BCUT2D eigenvalue weighted by atomic mass is 9.69. The van der Waals surface area contributed by atoms with Crippen LogP contribution >= 0.6 is 0 Å². The van der Waals surface area contributed by atoms with Gasteiger partial charge < -0.3 is 44.2 Å². The van der Waals surface area contributed by atoms with Gasteiger partial charge in [0.2, 0.25) is 5.91 Å². The highest BCUT2D eigenvalue weighted by Gasteiger charge is 2.41. The highest BCUT2D eigenvalue weighted by atomic mass is 16.6. The molecule has 0 saturated heterocycles. The van der Waals surface area contributed by atoms with Crippen LogP contribution in [0.5, 0.6) is 0 Å². The number of carbonyl (C=O) groups excluding carboxylic acids is 4. The van der Waals surface area contributed by atoms with Crippen LogP contribution in [0.4, 0.5) is 4.79 Å². The van der Waals surface area contributed by atoms with Gasteiger partial charge in [-0.1, -0.05) is 34.6 Å². The number of alkyl carbamates (subject to hydrolysis) is 1. The predicted octanol–water partition coefficient (Wildman–Crippen LogP) is 3.00. The summed E-state index contributed by atoms with van der Waals surface area (Å²) in [7, 11) is 0. The fourth-order valence-corrected chi connectivity index (χ4v) is 3.16. The fraction of sp³-hybridized carbons (Fsp3) is 0.871. The number of aliphatic hydroxyl groups excluding tert-OH is 1. The summed E-state index contributed by atoms with van der Waals surface area (Å²) < 4.78 is 32.4. The summed E-state index contributed by atoms with van der Waals surface area (Å²) in [5, 5.41) is 14.2. The van der Waals surface area contributed by atoms with E-state index in [-0.39, 0.29) is 76.3 Å². The van der Waals surface area contributed by atoms with Crippen molar-refractivity contribution in [1.82, 2.24) is 10.6 Å². The second kappa shape index (κ2) is 21.3. The average Bonchev–Trinajstić information content (AvgIpc) is 2.93. The van der Waals surface area contributed by atoms with Crippen molar-refractivity contribution in [2.24, 2.45) is 16.7 Å². The smallest absolute Gasteiger partial charge is 0.407 e. The minimum Gasteiger partial charge on any atom is -0.461 e. The summed E-state index contributed by atoms with van der Waals surface area (Å²) in [4.78, 5) is 48.9. The molecule has 0 aromatic rings. The average molecular weight is 635 g/mol. The molecule has 0 rings (SSSR count). The van der Waals surface area contributed by atoms with Gasteiger partial charge in [-0.2, -0.15) is 0 Å². The molecule has 0 aliphatic heterocycles. The number of ether oxygens (including phenoxy) is 6. The molecule has 3 N–H and O–H groups in total. The van der Waals surface area contributed by atoms with Gasteiger partial charge in [-0.05, 0) is 39.5 Å². The van der Waals surface area contributed by atoms with E-state index in [1.165, 1.54) is 0 Å². The van der Waals surface area contributed by atoms with Crippen LogP contribution in [0, 0.1) is 16.7 Å². The molecular weight excluding hydrogens is 576 g/mol. The number of rotatable bonds is 23. The van der Waals surface area contributed by atoms with Gasteiger partial charge >= 0.3 is 18.0 Å². The Kier molecular flexibility index (Phi) is 20.1. The normalized spacial score (nSPS) is 12.9. The molecule has 0 bridgehead atoms. The number of esters is 2. The zero-order chi connectivity index (χ0) is 33.8. The van der Waals surface area contributed by atoms with Crippen LogP contribution in [0.1, 0.15) is 81.6 Å². The molecule has 0 spiro atoms. The second-order valence-corrected chi connectivity index (χ2v) is 12.9. The molecule has 0 aromatic carbocycles. The summed E-state index contributed by atoms with van der Waals surface area (Å²) in [6, 6.07) is 0. The van der Waals surface area contributed by atoms with Gasteiger partial charge in [-0.15, -0.1) is 0 Å². The summed E-state index contributed by atoms with van der Waals surface area (Å²) in [6.45, 7) is 18.6. The lowest BCUT2D eigenvalue weighted by molar-refractivity contribution is -0.170. The number of carbonyl (C=O) groups is 4. The number of aliphatic hydroxyl groups is 1. The Morgan fingerprint density at radius 3 is 1.91 bits per heavy atom. The molecule has 0 heterocycles. The van der Waals surface area contributed by atoms with Crippen molar-refractivity contribution in [3.63, 3.8) is 0 Å². The van der Waals surface area contributed by atoms with Crippen LogP contribution in [0.2, 0.25) is 0 Å². The number of hydrogen-bond donors (Lipinski definition) is 3. The zero-order valence-electron chi connectivity index (χ0n) is 28.4. The van der Waals surface area contributed by atoms with Gasteiger partial charge in [-0.3, -0.25) is 14.4 Å². The van der Waals surface area contributed by atoms with Gasteiger partial charge in [0.05, 0.1) is 63.2 Å². The van der Waals surface area contributed by atoms with Crippen LogP contribution in [0.3, 0.4) is 0 Å². The first-order chi connectivity index (χ1) is 20.4. The van der Waals surface area contributed by atoms with Crippen LogP contribution in [0.15, 0.2) is 0 Å². The van der Waals surface area contributed by atoms with E-state index < -0.39 is 35.2 Å². The van der Waals surface area contributed by atoms with Crippen molar-refractivity contribution in [1.29, 1.82) is 0 Å². The first-order valence-electron chi connectivity index (χ1n) is 15.4. The van der Waals surface area contributed by atoms with Crippen molar-refractivity contribution in [3.05, 3.63) is 0 Å². The Morgan fingerprint density at radius 2 is 1.36 bits per heavy atom. The lowest BCUT2D eigenvalue weighted by Gasteiger charge is -2.36. The van der Waals surface area contributed by atoms with E-state index in [9.17, 15) is 19.2 Å². The summed E-state index contributed by atoms with van der Waals surface area (Å²) in [6.07, 6.45) is -0.487. The number of nitrogens with one attached hydrogen (secondary N) is 2. The topological polar surface area (TPSA) is 168 Å². The maximum Gasteiger partial charge on any atom is 0.407 e. The third-order valence-electron chi connectivity index (χ3n) is 7.21. The summed E-state index contributed by atoms with van der Waals surface area (Å²) >= 11 is 0. The predicted molar refractivity (Wildman–Crippen MR) is 164 cm³/mol. The van der Waals surface area contributed by atoms with Crippen molar-refractivity contribution < 1.29 is 52.7 Å². The Morgan fingerprint density at radius 1 is 0.773 bits per heavy atom. The van der Waals surface area contributed by atoms with E-state index in [1.54, 1.807) is 13.8 Å². The Labute approximate surface area is 263 Å². The van der Waals surface area contributed by atoms with Crippen molar-refractivity contribution in [2.45, 2.75) is 93.3 Å². The SMILES string of the molecule is CC(C)C(=O)O[C@@H](CCC(=O)NCCOCCOCCNC(=O)OCCC(C)(C)OCCO)COC(=O)C(C)(C)C(C)(C)C. The van der Waals surface area contributed by atoms with Gasteiger partial charge in [0.25, 0.3) is 0 Å². The van der Waals surface area contributed by atoms with Crippen molar-refractivity contribution in [3.8, 4) is 0 Å². The van der Waals surface area contributed by atoms with E-state index in [0.29, 0.717) is 26.2 Å². The molecule has 13 heteroatoms. The van der Waals surface area contributed by atoms with E-state index >= 15 is 0 Å². The monoisotopic (exact) mass is 634 g/mol. The minimum absolute atomic E-state index is 0.0635. The molecule has 0 saturated carbocycles. The highest BCUT2D eigenvalue weighted by molar-refractivity contribution is 5.77.